The van der Waals surface area contributed by atoms with Crippen molar-refractivity contribution in [3.8, 4) is 17.2 Å². The van der Waals surface area contributed by atoms with E-state index in [9.17, 15) is 5.11 Å². The first-order valence-electron chi connectivity index (χ1n) is 9.38. The summed E-state index contributed by atoms with van der Waals surface area (Å²) < 4.78 is 10.4. The molecule has 1 aromatic carbocycles. The van der Waals surface area contributed by atoms with Gasteiger partial charge in [0, 0.05) is 25.5 Å². The molecule has 0 fully saturated rings. The molecule has 0 saturated heterocycles. The molecule has 1 aliphatic carbocycles. The number of phenolic OH excluding ortho intramolecular Hbond substituents is 1. The number of aryl methyl sites for hydroxylation is 2. The predicted octanol–water partition coefficient (Wildman–Crippen LogP) is 2.95. The molecular formula is C20H28N4O3S. The predicted molar refractivity (Wildman–Crippen MR) is 112 cm³/mol. The van der Waals surface area contributed by atoms with Gasteiger partial charge in [0.15, 0.2) is 17.5 Å². The number of hydrogen-bond acceptors (Lipinski definition) is 6. The first-order chi connectivity index (χ1) is 13.5. The highest BCUT2D eigenvalue weighted by atomic mass is 32.1. The van der Waals surface area contributed by atoms with E-state index in [1.165, 1.54) is 37.6 Å². The number of methoxy groups -OCH3 is 2. The Morgan fingerprint density at radius 1 is 1.25 bits per heavy atom. The molecule has 3 rings (SSSR count). The van der Waals surface area contributed by atoms with Crippen LogP contribution in [0.25, 0.3) is 0 Å². The summed E-state index contributed by atoms with van der Waals surface area (Å²) in [5.74, 6) is 1.54. The fraction of sp³-hybridized carbons (Fsp3) is 0.500. The molecule has 2 aromatic rings. The molecule has 7 nitrogen and oxygen atoms in total. The van der Waals surface area contributed by atoms with E-state index in [0.29, 0.717) is 18.0 Å². The topological polar surface area (TPSA) is 79.2 Å². The van der Waals surface area contributed by atoms with Crippen LogP contribution in [0.4, 0.5) is 0 Å². The first-order valence-corrected chi connectivity index (χ1v) is 10.2. The van der Waals surface area contributed by atoms with Gasteiger partial charge in [0.1, 0.15) is 5.01 Å². The van der Waals surface area contributed by atoms with E-state index in [4.69, 9.17) is 14.5 Å². The lowest BCUT2D eigenvalue weighted by Gasteiger charge is -2.21. The van der Waals surface area contributed by atoms with Gasteiger partial charge in [0.25, 0.3) is 0 Å². The Balaban J connectivity index is 1.65. The number of benzene rings is 1. The van der Waals surface area contributed by atoms with Gasteiger partial charge in [-0.1, -0.05) is 0 Å². The standard InChI is InChI=1S/C20H28N4O3S/c1-21-20(22-11-13-9-15(26-3)19(25)16(10-13)27-4)24(2)12-18-23-14-7-5-6-8-17(14)28-18/h9-10,25H,5-8,11-12H2,1-4H3,(H,21,22). The fourth-order valence-electron chi connectivity index (χ4n) is 3.37. The van der Waals surface area contributed by atoms with Gasteiger partial charge >= 0.3 is 0 Å². The number of rotatable bonds is 6. The summed E-state index contributed by atoms with van der Waals surface area (Å²) in [5, 5.41) is 14.5. The van der Waals surface area contributed by atoms with E-state index < -0.39 is 0 Å². The second-order valence-corrected chi connectivity index (χ2v) is 7.96. The lowest BCUT2D eigenvalue weighted by molar-refractivity contribution is 0.339. The van der Waals surface area contributed by atoms with Gasteiger partial charge in [0.2, 0.25) is 5.75 Å². The van der Waals surface area contributed by atoms with Crippen molar-refractivity contribution in [1.29, 1.82) is 0 Å². The minimum absolute atomic E-state index is 0.00277. The van der Waals surface area contributed by atoms with Crippen LogP contribution in [0, 0.1) is 0 Å². The van der Waals surface area contributed by atoms with Crippen LogP contribution in [0.5, 0.6) is 17.2 Å². The Morgan fingerprint density at radius 2 is 1.93 bits per heavy atom. The maximum Gasteiger partial charge on any atom is 0.200 e. The fourth-order valence-corrected chi connectivity index (χ4v) is 4.58. The van der Waals surface area contributed by atoms with Crippen molar-refractivity contribution in [3.63, 3.8) is 0 Å². The van der Waals surface area contributed by atoms with E-state index in [1.807, 2.05) is 18.4 Å². The van der Waals surface area contributed by atoms with Crippen LogP contribution in [0.3, 0.4) is 0 Å². The van der Waals surface area contributed by atoms with Crippen molar-refractivity contribution in [2.75, 3.05) is 28.3 Å². The molecule has 0 unspecified atom stereocenters. The van der Waals surface area contributed by atoms with Gasteiger partial charge in [0.05, 0.1) is 26.5 Å². The second kappa shape index (κ2) is 9.14. The van der Waals surface area contributed by atoms with Crippen molar-refractivity contribution in [2.24, 2.45) is 4.99 Å². The highest BCUT2D eigenvalue weighted by Crippen LogP contribution is 2.37. The average molecular weight is 405 g/mol. The number of fused-ring (bicyclic) bond motifs is 1. The SMILES string of the molecule is CN=C(NCc1cc(OC)c(O)c(OC)c1)N(C)Cc1nc2c(s1)CCCC2. The van der Waals surface area contributed by atoms with Gasteiger partial charge < -0.3 is 24.8 Å². The Labute approximate surface area is 170 Å². The molecule has 152 valence electrons. The molecule has 28 heavy (non-hydrogen) atoms. The zero-order valence-electron chi connectivity index (χ0n) is 16.9. The zero-order valence-corrected chi connectivity index (χ0v) is 17.7. The minimum atomic E-state index is 0.00277. The Morgan fingerprint density at radius 3 is 2.54 bits per heavy atom. The highest BCUT2D eigenvalue weighted by molar-refractivity contribution is 7.11. The molecule has 0 spiro atoms. The molecule has 0 amide bonds. The molecule has 1 heterocycles. The summed E-state index contributed by atoms with van der Waals surface area (Å²) >= 11 is 1.82. The number of aliphatic imine (C=N–C) groups is 1. The minimum Gasteiger partial charge on any atom is -0.502 e. The van der Waals surface area contributed by atoms with Crippen molar-refractivity contribution < 1.29 is 14.6 Å². The van der Waals surface area contributed by atoms with Crippen LogP contribution in [-0.2, 0) is 25.9 Å². The summed E-state index contributed by atoms with van der Waals surface area (Å²) in [6, 6.07) is 3.57. The molecule has 1 aromatic heterocycles. The third-order valence-corrected chi connectivity index (χ3v) is 5.97. The third kappa shape index (κ3) is 4.49. The normalized spacial score (nSPS) is 13.8. The third-order valence-electron chi connectivity index (χ3n) is 4.83. The van der Waals surface area contributed by atoms with Crippen LogP contribution in [0.1, 0.15) is 34.0 Å². The quantitative estimate of drug-likeness (QED) is 0.569. The molecular weight excluding hydrogens is 376 g/mol. The molecule has 0 radical (unpaired) electrons. The number of hydrogen-bond donors (Lipinski definition) is 2. The number of guanidine groups is 1. The van der Waals surface area contributed by atoms with E-state index in [1.54, 1.807) is 19.2 Å². The maximum atomic E-state index is 10.1. The molecule has 0 saturated carbocycles. The van der Waals surface area contributed by atoms with Gasteiger partial charge in [-0.3, -0.25) is 4.99 Å². The molecule has 0 aliphatic heterocycles. The molecule has 2 N–H and O–H groups in total. The Bertz CT molecular complexity index is 801. The smallest absolute Gasteiger partial charge is 0.200 e. The summed E-state index contributed by atoms with van der Waals surface area (Å²) in [7, 11) is 6.81. The van der Waals surface area contributed by atoms with Crippen LogP contribution in [0.15, 0.2) is 17.1 Å². The first kappa shape index (κ1) is 20.3. The number of nitrogens with zero attached hydrogens (tertiary/aromatic N) is 3. The Kier molecular flexibility index (Phi) is 6.61. The second-order valence-electron chi connectivity index (χ2n) is 6.79. The van der Waals surface area contributed by atoms with E-state index in [-0.39, 0.29) is 5.75 Å². The monoisotopic (exact) mass is 404 g/mol. The van der Waals surface area contributed by atoms with Gasteiger partial charge in [-0.15, -0.1) is 11.3 Å². The number of nitrogens with one attached hydrogen (secondary N) is 1. The van der Waals surface area contributed by atoms with Crippen molar-refractivity contribution >= 4 is 17.3 Å². The molecule has 1 aliphatic rings. The van der Waals surface area contributed by atoms with Crippen molar-refractivity contribution in [1.82, 2.24) is 15.2 Å². The van der Waals surface area contributed by atoms with Gasteiger partial charge in [-0.25, -0.2) is 4.98 Å². The average Bonchev–Trinajstić information content (AvgIpc) is 3.11. The van der Waals surface area contributed by atoms with Crippen LogP contribution in [0.2, 0.25) is 0 Å². The van der Waals surface area contributed by atoms with Crippen LogP contribution >= 0.6 is 11.3 Å². The van der Waals surface area contributed by atoms with E-state index in [0.717, 1.165) is 35.9 Å². The van der Waals surface area contributed by atoms with Crippen LogP contribution < -0.4 is 14.8 Å². The number of aromatic hydroxyl groups is 1. The Hall–Kier alpha value is -2.48. The van der Waals surface area contributed by atoms with Gasteiger partial charge in [-0.05, 0) is 43.4 Å². The zero-order chi connectivity index (χ0) is 20.1. The summed E-state index contributed by atoms with van der Waals surface area (Å²) in [6.45, 7) is 1.25. The molecule has 8 heteroatoms. The summed E-state index contributed by atoms with van der Waals surface area (Å²) in [6.07, 6.45) is 4.78. The maximum absolute atomic E-state index is 10.1. The van der Waals surface area contributed by atoms with Crippen molar-refractivity contribution in [3.05, 3.63) is 33.3 Å². The molecule has 0 atom stereocenters. The van der Waals surface area contributed by atoms with E-state index >= 15 is 0 Å². The largest absolute Gasteiger partial charge is 0.502 e. The number of ether oxygens (including phenoxy) is 2. The lowest BCUT2D eigenvalue weighted by Crippen LogP contribution is -2.38. The van der Waals surface area contributed by atoms with Crippen LogP contribution in [-0.4, -0.2) is 49.3 Å². The number of phenols is 1. The van der Waals surface area contributed by atoms with E-state index in [2.05, 4.69) is 15.2 Å². The lowest BCUT2D eigenvalue weighted by atomic mass is 10.0. The van der Waals surface area contributed by atoms with Crippen molar-refractivity contribution in [2.45, 2.75) is 38.8 Å². The number of aromatic nitrogens is 1. The summed E-state index contributed by atoms with van der Waals surface area (Å²) in [5.41, 5.74) is 2.21. The highest BCUT2D eigenvalue weighted by Gasteiger charge is 2.17. The van der Waals surface area contributed by atoms with Gasteiger partial charge in [-0.2, -0.15) is 0 Å². The molecule has 0 bridgehead atoms. The summed E-state index contributed by atoms with van der Waals surface area (Å²) in [4.78, 5) is 12.7. The number of thiazole rings is 1.